The van der Waals surface area contributed by atoms with Gasteiger partial charge in [0.25, 0.3) is 0 Å². The fourth-order valence-electron chi connectivity index (χ4n) is 1.34. The first kappa shape index (κ1) is 17.0. The molecule has 0 aliphatic rings. The van der Waals surface area contributed by atoms with Crippen LogP contribution in [0, 0.1) is 5.82 Å². The van der Waals surface area contributed by atoms with Crippen molar-refractivity contribution in [2.75, 3.05) is 0 Å². The molecular weight excluding hydrogens is 294 g/mol. The zero-order chi connectivity index (χ0) is 15.7. The van der Waals surface area contributed by atoms with Crippen LogP contribution in [-0.4, -0.2) is 15.0 Å². The topological polar surface area (TPSA) is 35.4 Å². The Morgan fingerprint density at radius 2 is 1.75 bits per heavy atom. The summed E-state index contributed by atoms with van der Waals surface area (Å²) in [5.74, 6) is -1.40. The van der Waals surface area contributed by atoms with E-state index in [9.17, 15) is 22.1 Å². The molecule has 0 aliphatic heterocycles. The van der Waals surface area contributed by atoms with Crippen LogP contribution in [0.3, 0.4) is 0 Å². The normalized spacial score (nSPS) is 15.3. The Bertz CT molecular complexity index is 520. The number of rotatable bonds is 2. The minimum absolute atomic E-state index is 0.0261. The number of alkyl halides is 3. The van der Waals surface area contributed by atoms with Crippen LogP contribution in [0.15, 0.2) is 22.6 Å². The predicted octanol–water partition coefficient (Wildman–Crippen LogP) is 4.12. The molecule has 0 aliphatic carbocycles. The molecule has 0 N–H and O–H groups in total. The molecule has 0 amide bonds. The summed E-state index contributed by atoms with van der Waals surface area (Å²) in [6.07, 6.45) is -4.77. The van der Waals surface area contributed by atoms with E-state index in [0.717, 1.165) is 6.07 Å². The Morgan fingerprint density at radius 3 is 2.20 bits per heavy atom. The maximum Gasteiger partial charge on any atom is 0.419 e. The lowest BCUT2D eigenvalue weighted by Gasteiger charge is -2.19. The van der Waals surface area contributed by atoms with Crippen molar-refractivity contribution in [2.45, 2.75) is 38.6 Å². The first-order chi connectivity index (χ1) is 8.94. The van der Waals surface area contributed by atoms with Gasteiger partial charge >= 0.3 is 6.18 Å². The lowest BCUT2D eigenvalue weighted by atomic mass is 10.1. The Labute approximate surface area is 118 Å². The van der Waals surface area contributed by atoms with Crippen LogP contribution >= 0.6 is 0 Å². The summed E-state index contributed by atoms with van der Waals surface area (Å²) in [6, 6.07) is 2.94. The molecule has 0 fully saturated rings. The van der Waals surface area contributed by atoms with Gasteiger partial charge in [-0.05, 0) is 33.8 Å². The highest BCUT2D eigenvalue weighted by Crippen LogP contribution is 2.32. The molecule has 1 rings (SSSR count). The fraction of sp³-hybridized carbons (Fsp3) is 0.462. The molecule has 1 aromatic carbocycles. The highest BCUT2D eigenvalue weighted by molar-refractivity contribution is 7.91. The summed E-state index contributed by atoms with van der Waals surface area (Å²) in [5.41, 5.74) is -1.68. The van der Waals surface area contributed by atoms with Crippen molar-refractivity contribution in [3.63, 3.8) is 0 Å². The van der Waals surface area contributed by atoms with Crippen molar-refractivity contribution >= 4 is 17.1 Å². The van der Waals surface area contributed by atoms with Gasteiger partial charge in [0.15, 0.2) is 0 Å². The van der Waals surface area contributed by atoms with E-state index in [0.29, 0.717) is 6.07 Å². The van der Waals surface area contributed by atoms with Crippen LogP contribution in [0.1, 0.15) is 38.8 Å². The molecule has 1 aromatic rings. The van der Waals surface area contributed by atoms with Crippen LogP contribution in [0.5, 0.6) is 0 Å². The lowest BCUT2D eigenvalue weighted by molar-refractivity contribution is -0.140. The molecule has 0 aromatic heterocycles. The van der Waals surface area contributed by atoms with E-state index in [2.05, 4.69) is 4.40 Å². The first-order valence-corrected chi connectivity index (χ1v) is 6.88. The van der Waals surface area contributed by atoms with Gasteiger partial charge in [-0.15, -0.1) is 0 Å². The van der Waals surface area contributed by atoms with Crippen LogP contribution in [0.25, 0.3) is 0 Å². The Balaban J connectivity index is 3.25. The summed E-state index contributed by atoms with van der Waals surface area (Å²) in [7, 11) is 0. The second-order valence-electron chi connectivity index (χ2n) is 5.20. The van der Waals surface area contributed by atoms with Gasteiger partial charge in [-0.1, -0.05) is 16.5 Å². The van der Waals surface area contributed by atoms with Gasteiger partial charge in [-0.25, -0.2) is 4.39 Å². The number of benzene rings is 1. The molecule has 20 heavy (non-hydrogen) atoms. The van der Waals surface area contributed by atoms with E-state index in [1.54, 1.807) is 20.8 Å². The molecular formula is C13H15F4NOS. The lowest BCUT2D eigenvalue weighted by Crippen LogP contribution is -2.27. The summed E-state index contributed by atoms with van der Waals surface area (Å²) in [5, 5.41) is 0. The molecule has 7 heteroatoms. The van der Waals surface area contributed by atoms with Gasteiger partial charge in [0, 0.05) is 5.56 Å². The van der Waals surface area contributed by atoms with E-state index in [1.807, 2.05) is 0 Å². The third-order valence-corrected chi connectivity index (χ3v) is 3.93. The van der Waals surface area contributed by atoms with Gasteiger partial charge in [-0.3, -0.25) is 0 Å². The zero-order valence-corrected chi connectivity index (χ0v) is 12.3. The van der Waals surface area contributed by atoms with Gasteiger partial charge in [0.2, 0.25) is 0 Å². The minimum Gasteiger partial charge on any atom is -0.591 e. The quantitative estimate of drug-likeness (QED) is 0.460. The molecule has 0 radical (unpaired) electrons. The molecule has 0 heterocycles. The van der Waals surface area contributed by atoms with Crippen molar-refractivity contribution in [3.8, 4) is 0 Å². The Kier molecular flexibility index (Phi) is 4.86. The number of nitrogens with zero attached hydrogens (tertiary/aromatic N) is 1. The van der Waals surface area contributed by atoms with Crippen molar-refractivity contribution in [2.24, 2.45) is 4.40 Å². The highest BCUT2D eigenvalue weighted by atomic mass is 32.2. The Hall–Kier alpha value is -1.08. The van der Waals surface area contributed by atoms with Crippen LogP contribution in [-0.2, 0) is 17.5 Å². The van der Waals surface area contributed by atoms with Crippen molar-refractivity contribution in [1.82, 2.24) is 0 Å². The van der Waals surface area contributed by atoms with Crippen molar-refractivity contribution < 1.29 is 22.1 Å². The second kappa shape index (κ2) is 5.73. The van der Waals surface area contributed by atoms with Gasteiger partial charge in [0.1, 0.15) is 21.9 Å². The fourth-order valence-corrected chi connectivity index (χ4v) is 1.96. The summed E-state index contributed by atoms with van der Waals surface area (Å²) >= 11 is -1.66. The predicted molar refractivity (Wildman–Crippen MR) is 71.5 cm³/mol. The van der Waals surface area contributed by atoms with Crippen molar-refractivity contribution in [1.29, 1.82) is 0 Å². The number of hydrogen-bond acceptors (Lipinski definition) is 2. The third kappa shape index (κ3) is 3.96. The maximum atomic E-state index is 13.9. The molecule has 112 valence electrons. The molecule has 0 saturated heterocycles. The number of hydrogen-bond donors (Lipinski definition) is 0. The van der Waals surface area contributed by atoms with E-state index < -0.39 is 33.7 Å². The summed E-state index contributed by atoms with van der Waals surface area (Å²) in [6.45, 7) is 6.34. The highest BCUT2D eigenvalue weighted by Gasteiger charge is 2.35. The maximum absolute atomic E-state index is 13.9. The van der Waals surface area contributed by atoms with Gasteiger partial charge < -0.3 is 4.55 Å². The van der Waals surface area contributed by atoms with E-state index >= 15 is 0 Å². The molecule has 2 nitrogen and oxygen atoms in total. The third-order valence-electron chi connectivity index (χ3n) is 2.44. The van der Waals surface area contributed by atoms with Crippen LogP contribution in [0.4, 0.5) is 17.6 Å². The standard InChI is InChI=1S/C13H15F4NOS/c1-8(18-20(19)12(2,3)4)9-6-5-7-10(11(9)14)13(15,16)17/h5-7H,1-4H3/b18-8-/t20-/m1/s1. The first-order valence-electron chi connectivity index (χ1n) is 5.78. The minimum atomic E-state index is -4.77. The van der Waals surface area contributed by atoms with Crippen LogP contribution in [0.2, 0.25) is 0 Å². The summed E-state index contributed by atoms with van der Waals surface area (Å²) in [4.78, 5) is 0. The SMILES string of the molecule is C/C(=N/[S@+]([O-])C(C)(C)C)c1cccc(C(F)(F)F)c1F. The van der Waals surface area contributed by atoms with Crippen molar-refractivity contribution in [3.05, 3.63) is 35.1 Å². The Morgan fingerprint density at radius 1 is 1.20 bits per heavy atom. The largest absolute Gasteiger partial charge is 0.591 e. The average molecular weight is 309 g/mol. The summed E-state index contributed by atoms with van der Waals surface area (Å²) < 4.78 is 66.6. The monoisotopic (exact) mass is 309 g/mol. The molecule has 1 atom stereocenters. The van der Waals surface area contributed by atoms with E-state index in [4.69, 9.17) is 0 Å². The molecule has 0 saturated carbocycles. The van der Waals surface area contributed by atoms with E-state index in [-0.39, 0.29) is 11.3 Å². The van der Waals surface area contributed by atoms with E-state index in [1.165, 1.54) is 13.0 Å². The smallest absolute Gasteiger partial charge is 0.419 e. The molecule has 0 bridgehead atoms. The van der Waals surface area contributed by atoms with Gasteiger partial charge in [0.05, 0.1) is 11.3 Å². The second-order valence-corrected chi connectivity index (χ2v) is 7.11. The molecule has 0 spiro atoms. The molecule has 0 unspecified atom stereocenters. The average Bonchev–Trinajstić information content (AvgIpc) is 2.26. The number of halogens is 4. The van der Waals surface area contributed by atoms with Gasteiger partial charge in [-0.2, -0.15) is 13.2 Å². The van der Waals surface area contributed by atoms with Crippen LogP contribution < -0.4 is 0 Å². The zero-order valence-electron chi connectivity index (χ0n) is 11.5.